The molecule has 0 saturated carbocycles. The number of halogens is 1. The lowest BCUT2D eigenvalue weighted by Crippen LogP contribution is -2.53. The predicted octanol–water partition coefficient (Wildman–Crippen LogP) is 1.62. The molecule has 5 heteroatoms. The number of amides is 1. The molecule has 1 heterocycles. The van der Waals surface area contributed by atoms with E-state index in [0.29, 0.717) is 0 Å². The maximum absolute atomic E-state index is 12.5. The molecule has 19 heavy (non-hydrogen) atoms. The van der Waals surface area contributed by atoms with Crippen LogP contribution >= 0.6 is 12.4 Å². The molecule has 0 aliphatic carbocycles. The summed E-state index contributed by atoms with van der Waals surface area (Å²) in [4.78, 5) is 14.4. The third kappa shape index (κ3) is 3.69. The Balaban J connectivity index is 0.00000180. The molecule has 1 aliphatic heterocycles. The van der Waals surface area contributed by atoms with Crippen LogP contribution in [0.2, 0.25) is 0 Å². The van der Waals surface area contributed by atoms with Crippen LogP contribution in [0, 0.1) is 0 Å². The summed E-state index contributed by atoms with van der Waals surface area (Å²) in [5.74, 6) is 0.0534. The number of methoxy groups -OCH3 is 1. The van der Waals surface area contributed by atoms with Gasteiger partial charge in [0, 0.05) is 32.8 Å². The Kier molecular flexibility index (Phi) is 6.28. The van der Waals surface area contributed by atoms with Crippen molar-refractivity contribution in [2.75, 3.05) is 26.7 Å². The van der Waals surface area contributed by atoms with Gasteiger partial charge in [0.05, 0.1) is 0 Å². The Morgan fingerprint density at radius 1 is 1.42 bits per heavy atom. The lowest BCUT2D eigenvalue weighted by atomic mass is 10.1. The highest BCUT2D eigenvalue weighted by atomic mass is 35.5. The van der Waals surface area contributed by atoms with Crippen molar-refractivity contribution >= 4 is 18.3 Å². The molecular formula is C14H21ClN2O2. The van der Waals surface area contributed by atoms with E-state index in [1.807, 2.05) is 35.2 Å². The Morgan fingerprint density at radius 3 is 2.68 bits per heavy atom. The largest absolute Gasteiger partial charge is 0.367 e. The first-order valence-electron chi connectivity index (χ1n) is 6.33. The quantitative estimate of drug-likeness (QED) is 0.917. The van der Waals surface area contributed by atoms with Crippen LogP contribution in [0.1, 0.15) is 18.6 Å². The number of nitrogens with one attached hydrogen (secondary N) is 1. The van der Waals surface area contributed by atoms with E-state index in [0.717, 1.165) is 25.2 Å². The summed E-state index contributed by atoms with van der Waals surface area (Å²) < 4.78 is 5.39. The average Bonchev–Trinajstić information content (AvgIpc) is 2.41. The molecule has 1 amide bonds. The van der Waals surface area contributed by atoms with Crippen molar-refractivity contribution in [3.63, 3.8) is 0 Å². The van der Waals surface area contributed by atoms with Crippen LogP contribution in [0.3, 0.4) is 0 Å². The van der Waals surface area contributed by atoms with Gasteiger partial charge in [0.25, 0.3) is 5.91 Å². The van der Waals surface area contributed by atoms with Crippen LogP contribution in [0.4, 0.5) is 0 Å². The number of hydrogen-bond acceptors (Lipinski definition) is 3. The maximum Gasteiger partial charge on any atom is 0.256 e. The van der Waals surface area contributed by atoms with Gasteiger partial charge >= 0.3 is 0 Å². The second-order valence-electron chi connectivity index (χ2n) is 4.61. The second-order valence-corrected chi connectivity index (χ2v) is 4.61. The molecule has 0 spiro atoms. The first kappa shape index (κ1) is 16.0. The van der Waals surface area contributed by atoms with Gasteiger partial charge in [-0.3, -0.25) is 4.79 Å². The van der Waals surface area contributed by atoms with E-state index >= 15 is 0 Å². The summed E-state index contributed by atoms with van der Waals surface area (Å²) in [5.41, 5.74) is 0.913. The lowest BCUT2D eigenvalue weighted by Gasteiger charge is -2.36. The summed E-state index contributed by atoms with van der Waals surface area (Å²) in [6.45, 7) is 4.49. The molecule has 0 bridgehead atoms. The molecule has 2 rings (SSSR count). The van der Waals surface area contributed by atoms with E-state index < -0.39 is 6.10 Å². The number of benzene rings is 1. The van der Waals surface area contributed by atoms with Crippen LogP contribution in [-0.4, -0.2) is 43.6 Å². The Bertz CT molecular complexity index is 400. The van der Waals surface area contributed by atoms with E-state index in [1.165, 1.54) is 0 Å². The van der Waals surface area contributed by atoms with Crippen molar-refractivity contribution in [1.29, 1.82) is 0 Å². The number of carbonyl (C=O) groups excluding carboxylic acids is 1. The molecule has 4 nitrogen and oxygen atoms in total. The van der Waals surface area contributed by atoms with Crippen molar-refractivity contribution in [2.45, 2.75) is 19.1 Å². The number of hydrogen-bond donors (Lipinski definition) is 1. The predicted molar refractivity (Wildman–Crippen MR) is 77.5 cm³/mol. The number of rotatable bonds is 3. The van der Waals surface area contributed by atoms with E-state index in [9.17, 15) is 4.79 Å². The van der Waals surface area contributed by atoms with E-state index in [4.69, 9.17) is 4.74 Å². The summed E-state index contributed by atoms with van der Waals surface area (Å²) in [6, 6.07) is 9.87. The molecule has 2 atom stereocenters. The summed E-state index contributed by atoms with van der Waals surface area (Å²) in [5, 5.41) is 3.28. The monoisotopic (exact) mass is 284 g/mol. The molecule has 1 unspecified atom stereocenters. The van der Waals surface area contributed by atoms with Gasteiger partial charge in [-0.15, -0.1) is 12.4 Å². The minimum absolute atomic E-state index is 0. The smallest absolute Gasteiger partial charge is 0.256 e. The van der Waals surface area contributed by atoms with Gasteiger partial charge in [-0.2, -0.15) is 0 Å². The first-order valence-corrected chi connectivity index (χ1v) is 6.33. The minimum Gasteiger partial charge on any atom is -0.367 e. The number of ether oxygens (including phenoxy) is 1. The number of nitrogens with zero attached hydrogens (tertiary/aromatic N) is 1. The van der Waals surface area contributed by atoms with Crippen molar-refractivity contribution < 1.29 is 9.53 Å². The van der Waals surface area contributed by atoms with Gasteiger partial charge in [-0.05, 0) is 12.5 Å². The highest BCUT2D eigenvalue weighted by Gasteiger charge is 2.30. The topological polar surface area (TPSA) is 41.6 Å². The normalized spacial score (nSPS) is 20.5. The van der Waals surface area contributed by atoms with Crippen molar-refractivity contribution in [2.24, 2.45) is 0 Å². The molecule has 0 radical (unpaired) electrons. The Hall–Kier alpha value is -1.10. The SMILES string of the molecule is COC(C(=O)N1CCNC[C@@H]1C)c1ccccc1.Cl. The fourth-order valence-corrected chi connectivity index (χ4v) is 2.33. The molecule has 1 fully saturated rings. The second kappa shape index (κ2) is 7.48. The van der Waals surface area contributed by atoms with Gasteiger partial charge in [-0.25, -0.2) is 0 Å². The van der Waals surface area contributed by atoms with Crippen LogP contribution in [0.15, 0.2) is 30.3 Å². The van der Waals surface area contributed by atoms with Gasteiger partial charge in [0.2, 0.25) is 0 Å². The summed E-state index contributed by atoms with van der Waals surface area (Å²) in [7, 11) is 1.59. The Labute approximate surface area is 120 Å². The van der Waals surface area contributed by atoms with E-state index in [2.05, 4.69) is 12.2 Å². The fourth-order valence-electron chi connectivity index (χ4n) is 2.33. The zero-order chi connectivity index (χ0) is 13.0. The van der Waals surface area contributed by atoms with Gasteiger partial charge in [-0.1, -0.05) is 30.3 Å². The fraction of sp³-hybridized carbons (Fsp3) is 0.500. The number of carbonyl (C=O) groups is 1. The first-order chi connectivity index (χ1) is 8.74. The van der Waals surface area contributed by atoms with Gasteiger partial charge in [0.1, 0.15) is 0 Å². The molecular weight excluding hydrogens is 264 g/mol. The third-order valence-corrected chi connectivity index (χ3v) is 3.35. The van der Waals surface area contributed by atoms with Crippen LogP contribution in [0.5, 0.6) is 0 Å². The molecule has 0 aromatic heterocycles. The zero-order valence-corrected chi connectivity index (χ0v) is 12.2. The van der Waals surface area contributed by atoms with Crippen LogP contribution < -0.4 is 5.32 Å². The third-order valence-electron chi connectivity index (χ3n) is 3.35. The minimum atomic E-state index is -0.494. The van der Waals surface area contributed by atoms with E-state index in [1.54, 1.807) is 7.11 Å². The van der Waals surface area contributed by atoms with Crippen LogP contribution in [-0.2, 0) is 9.53 Å². The molecule has 1 N–H and O–H groups in total. The molecule has 1 aromatic rings. The Morgan fingerprint density at radius 2 is 2.11 bits per heavy atom. The lowest BCUT2D eigenvalue weighted by molar-refractivity contribution is -0.145. The zero-order valence-electron chi connectivity index (χ0n) is 11.3. The molecule has 1 aliphatic rings. The molecule has 1 aromatic carbocycles. The standard InChI is InChI=1S/C14H20N2O2.ClH/c1-11-10-15-8-9-16(11)14(17)13(18-2)12-6-4-3-5-7-12;/h3-7,11,13,15H,8-10H2,1-2H3;1H/t11-,13?;/m0./s1. The highest BCUT2D eigenvalue weighted by molar-refractivity contribution is 5.85. The number of piperazine rings is 1. The highest BCUT2D eigenvalue weighted by Crippen LogP contribution is 2.20. The van der Waals surface area contributed by atoms with Crippen molar-refractivity contribution in [3.8, 4) is 0 Å². The van der Waals surface area contributed by atoms with Crippen molar-refractivity contribution in [1.82, 2.24) is 10.2 Å². The average molecular weight is 285 g/mol. The summed E-state index contributed by atoms with van der Waals surface area (Å²) >= 11 is 0. The van der Waals surface area contributed by atoms with E-state index in [-0.39, 0.29) is 24.4 Å². The molecule has 106 valence electrons. The van der Waals surface area contributed by atoms with Crippen LogP contribution in [0.25, 0.3) is 0 Å². The molecule has 1 saturated heterocycles. The van der Waals surface area contributed by atoms with Gasteiger partial charge < -0.3 is 15.0 Å². The summed E-state index contributed by atoms with van der Waals surface area (Å²) in [6.07, 6.45) is -0.494. The maximum atomic E-state index is 12.5. The van der Waals surface area contributed by atoms with Crippen molar-refractivity contribution in [3.05, 3.63) is 35.9 Å². The van der Waals surface area contributed by atoms with Gasteiger partial charge in [0.15, 0.2) is 6.10 Å².